The Kier molecular flexibility index (Phi) is 25.5. The third kappa shape index (κ3) is 68.7. The van der Waals surface area contributed by atoms with Gasteiger partial charge in [0.2, 0.25) is 0 Å². The van der Waals surface area contributed by atoms with Crippen LogP contribution in [-0.4, -0.2) is 65.4 Å². The fourth-order valence-corrected chi connectivity index (χ4v) is 0.224. The molecule has 4 heteroatoms. The zero-order valence-electron chi connectivity index (χ0n) is 11.4. The average Bonchev–Trinajstić information content (AvgIpc) is 2.01. The third-order valence-corrected chi connectivity index (χ3v) is 0.812. The second-order valence-electron chi connectivity index (χ2n) is 4.22. The summed E-state index contributed by atoms with van der Waals surface area (Å²) >= 11 is -1.09. The van der Waals surface area contributed by atoms with Gasteiger partial charge in [0.25, 0.3) is 0 Å². The van der Waals surface area contributed by atoms with Crippen molar-refractivity contribution >= 4 is 47.5 Å². The van der Waals surface area contributed by atoms with Crippen LogP contribution < -0.4 is 0 Å². The molecule has 0 rings (SSSR count). The molecule has 0 saturated carbocycles. The minimum atomic E-state index is -0.543. The minimum absolute atomic E-state index is 0.543. The first kappa shape index (κ1) is 21.0. The molecular formula is C10H28BNSn2. The predicted molar refractivity (Wildman–Crippen MR) is 75.4 cm³/mol. The van der Waals surface area contributed by atoms with Gasteiger partial charge in [-0.3, -0.25) is 0 Å². The summed E-state index contributed by atoms with van der Waals surface area (Å²) in [6.45, 7) is 5.94. The van der Waals surface area contributed by atoms with Crippen molar-refractivity contribution in [3.05, 3.63) is 0 Å². The van der Waals surface area contributed by atoms with Gasteiger partial charge >= 0.3 is 69.2 Å². The Morgan fingerprint density at radius 2 is 0.929 bits per heavy atom. The Morgan fingerprint density at radius 1 is 0.786 bits per heavy atom. The van der Waals surface area contributed by atoms with Gasteiger partial charge in [0.1, 0.15) is 0 Å². The standard InChI is InChI=1S/C4H10BN.6CH3.2Sn/c1-3-6(5)4-2;;;;;;;;/h3-4H2,1-2H3;6*1H3;;. The first-order chi connectivity index (χ1) is 6.27. The average molecular weight is 411 g/mol. The van der Waals surface area contributed by atoms with Crippen molar-refractivity contribution in [3.8, 4) is 0 Å². The van der Waals surface area contributed by atoms with Crippen LogP contribution in [0.4, 0.5) is 0 Å². The van der Waals surface area contributed by atoms with Gasteiger partial charge in [-0.15, -0.1) is 0 Å². The van der Waals surface area contributed by atoms with Crippen molar-refractivity contribution in [1.82, 2.24) is 4.81 Å². The molecule has 0 amide bonds. The molecule has 0 spiro atoms. The molecule has 0 atom stereocenters. The van der Waals surface area contributed by atoms with Crippen LogP contribution in [0.1, 0.15) is 13.8 Å². The molecule has 0 fully saturated rings. The summed E-state index contributed by atoms with van der Waals surface area (Å²) in [5.74, 6) is 0. The van der Waals surface area contributed by atoms with Gasteiger partial charge in [0.05, 0.1) is 0 Å². The maximum atomic E-state index is 5.31. The zero-order valence-corrected chi connectivity index (χ0v) is 17.1. The van der Waals surface area contributed by atoms with E-state index in [0.29, 0.717) is 0 Å². The monoisotopic (exact) mass is 413 g/mol. The molecule has 0 aromatic carbocycles. The van der Waals surface area contributed by atoms with E-state index in [4.69, 9.17) is 7.98 Å². The number of hydrogen-bond acceptors (Lipinski definition) is 1. The molecule has 0 aliphatic rings. The zero-order chi connectivity index (χ0) is 12.1. The van der Waals surface area contributed by atoms with Crippen molar-refractivity contribution in [3.63, 3.8) is 0 Å². The van der Waals surface area contributed by atoms with E-state index < -0.39 is 39.5 Å². The van der Waals surface area contributed by atoms with Crippen molar-refractivity contribution in [1.29, 1.82) is 0 Å². The molecule has 0 aromatic heterocycles. The van der Waals surface area contributed by atoms with E-state index in [9.17, 15) is 0 Å². The van der Waals surface area contributed by atoms with E-state index in [1.54, 1.807) is 4.81 Å². The molecule has 0 aromatic rings. The molecular weight excluding hydrogens is 382 g/mol. The van der Waals surface area contributed by atoms with Crippen molar-refractivity contribution in [2.45, 2.75) is 43.5 Å². The Bertz CT molecular complexity index is 74.7. The first-order valence-electron chi connectivity index (χ1n) is 5.30. The predicted octanol–water partition coefficient (Wildman–Crippen LogP) is 3.15. The molecule has 0 unspecified atom stereocenters. The summed E-state index contributed by atoms with van der Waals surface area (Å²) in [5.41, 5.74) is 0. The maximum absolute atomic E-state index is 5.31. The summed E-state index contributed by atoms with van der Waals surface area (Å²) in [7, 11) is 5.31. The Morgan fingerprint density at radius 3 is 0.929 bits per heavy atom. The number of rotatable bonds is 2. The summed E-state index contributed by atoms with van der Waals surface area (Å²) in [6.07, 6.45) is 0. The van der Waals surface area contributed by atoms with E-state index >= 15 is 0 Å². The second-order valence-corrected chi connectivity index (χ2v) is 21.3. The van der Waals surface area contributed by atoms with E-state index in [1.165, 1.54) is 0 Å². The fourth-order valence-electron chi connectivity index (χ4n) is 0.224. The van der Waals surface area contributed by atoms with Gasteiger partial charge in [0.15, 0.2) is 7.98 Å². The Hall–Kier alpha value is 1.62. The van der Waals surface area contributed by atoms with Crippen molar-refractivity contribution in [2.75, 3.05) is 13.1 Å². The van der Waals surface area contributed by atoms with Gasteiger partial charge in [-0.2, -0.15) is 0 Å². The van der Waals surface area contributed by atoms with Crippen LogP contribution in [0, 0.1) is 0 Å². The van der Waals surface area contributed by atoms with Crippen LogP contribution in [-0.2, 0) is 0 Å². The van der Waals surface area contributed by atoms with Crippen LogP contribution in [0.5, 0.6) is 0 Å². The van der Waals surface area contributed by atoms with E-state index in [1.807, 2.05) is 13.8 Å². The van der Waals surface area contributed by atoms with Crippen LogP contribution in [0.25, 0.3) is 0 Å². The second kappa shape index (κ2) is 17.0. The molecule has 1 nitrogen and oxygen atoms in total. The SMILES string of the molecule is [B]N(CC)CC.[CH3][Sn]([CH3])[CH3].[CH3][Sn]([CH3])[CH3]. The Labute approximate surface area is 108 Å². The van der Waals surface area contributed by atoms with Gasteiger partial charge in [-0.05, 0) is 13.1 Å². The van der Waals surface area contributed by atoms with E-state index in [2.05, 4.69) is 29.6 Å². The quantitative estimate of drug-likeness (QED) is 0.632. The van der Waals surface area contributed by atoms with Crippen molar-refractivity contribution in [2.24, 2.45) is 0 Å². The third-order valence-electron chi connectivity index (χ3n) is 0.812. The topological polar surface area (TPSA) is 3.24 Å². The normalized spacial score (nSPS) is 9.36. The Balaban J connectivity index is -0.000000135. The molecule has 0 saturated heterocycles. The number of hydrogen-bond donors (Lipinski definition) is 0. The van der Waals surface area contributed by atoms with Gasteiger partial charge in [-0.1, -0.05) is 13.8 Å². The first-order valence-corrected chi connectivity index (χ1v) is 22.4. The van der Waals surface area contributed by atoms with Crippen LogP contribution >= 0.6 is 0 Å². The summed E-state index contributed by atoms with van der Waals surface area (Å²) in [4.78, 5) is 15.9. The number of nitrogens with zero attached hydrogens (tertiary/aromatic N) is 1. The summed E-state index contributed by atoms with van der Waals surface area (Å²) in [6, 6.07) is 0. The summed E-state index contributed by atoms with van der Waals surface area (Å²) in [5, 5.41) is 0. The molecule has 4 radical (unpaired) electrons. The molecule has 14 heavy (non-hydrogen) atoms. The molecule has 0 bridgehead atoms. The molecule has 0 heterocycles. The molecule has 0 aliphatic heterocycles. The molecule has 84 valence electrons. The van der Waals surface area contributed by atoms with Gasteiger partial charge < -0.3 is 4.81 Å². The fraction of sp³-hybridized carbons (Fsp3) is 1.00. The van der Waals surface area contributed by atoms with Crippen LogP contribution in [0.3, 0.4) is 0 Å². The summed E-state index contributed by atoms with van der Waals surface area (Å²) < 4.78 is 0. The van der Waals surface area contributed by atoms with Crippen LogP contribution in [0.15, 0.2) is 0 Å². The molecule has 0 N–H and O–H groups in total. The van der Waals surface area contributed by atoms with Gasteiger partial charge in [0, 0.05) is 0 Å². The van der Waals surface area contributed by atoms with Gasteiger partial charge in [-0.25, -0.2) is 0 Å². The van der Waals surface area contributed by atoms with E-state index in [-0.39, 0.29) is 0 Å². The van der Waals surface area contributed by atoms with Crippen molar-refractivity contribution < 1.29 is 0 Å². The molecule has 0 aliphatic carbocycles. The van der Waals surface area contributed by atoms with Crippen LogP contribution in [0.2, 0.25) is 29.6 Å². The van der Waals surface area contributed by atoms with E-state index in [0.717, 1.165) is 13.1 Å².